The minimum atomic E-state index is -0.563. The van der Waals surface area contributed by atoms with E-state index in [-0.39, 0.29) is 21.6 Å². The van der Waals surface area contributed by atoms with Crippen molar-refractivity contribution < 1.29 is 9.18 Å². The van der Waals surface area contributed by atoms with E-state index in [1.807, 2.05) is 0 Å². The smallest absolute Gasteiger partial charge is 0.231 e. The van der Waals surface area contributed by atoms with Crippen LogP contribution >= 0.6 is 23.2 Å². The molecule has 0 spiro atoms. The largest absolute Gasteiger partial charge is 0.399 e. The third-order valence-electron chi connectivity index (χ3n) is 3.06. The average molecular weight is 327 g/mol. The minimum Gasteiger partial charge on any atom is -0.399 e. The lowest BCUT2D eigenvalue weighted by Gasteiger charge is -2.15. The molecular formula is C15H13Cl2FN2O. The fourth-order valence-corrected chi connectivity index (χ4v) is 2.43. The van der Waals surface area contributed by atoms with Gasteiger partial charge in [-0.2, -0.15) is 0 Å². The van der Waals surface area contributed by atoms with E-state index in [0.29, 0.717) is 5.69 Å². The van der Waals surface area contributed by atoms with Crippen LogP contribution in [0.3, 0.4) is 0 Å². The van der Waals surface area contributed by atoms with E-state index in [1.54, 1.807) is 31.2 Å². The number of nitrogens with one attached hydrogen (secondary N) is 1. The molecule has 6 heteroatoms. The number of carbonyl (C=O) groups excluding carboxylic acids is 1. The van der Waals surface area contributed by atoms with Crippen molar-refractivity contribution in [3.8, 4) is 0 Å². The first-order valence-electron chi connectivity index (χ1n) is 6.19. The van der Waals surface area contributed by atoms with Gasteiger partial charge in [-0.05, 0) is 36.8 Å². The topological polar surface area (TPSA) is 55.1 Å². The van der Waals surface area contributed by atoms with Crippen molar-refractivity contribution in [3.63, 3.8) is 0 Å². The summed E-state index contributed by atoms with van der Waals surface area (Å²) in [4.78, 5) is 12.3. The number of carbonyl (C=O) groups is 1. The van der Waals surface area contributed by atoms with Gasteiger partial charge in [-0.25, -0.2) is 4.39 Å². The van der Waals surface area contributed by atoms with Gasteiger partial charge in [0, 0.05) is 5.69 Å². The van der Waals surface area contributed by atoms with Crippen molar-refractivity contribution in [2.75, 3.05) is 11.1 Å². The zero-order valence-electron chi connectivity index (χ0n) is 11.2. The molecule has 2 aromatic rings. The van der Waals surface area contributed by atoms with Gasteiger partial charge >= 0.3 is 0 Å². The first-order valence-corrected chi connectivity index (χ1v) is 6.95. The highest BCUT2D eigenvalue weighted by Gasteiger charge is 2.18. The SMILES string of the molecule is CC(C(=O)Nc1c(Cl)cc(F)cc1Cl)c1cccc(N)c1. The summed E-state index contributed by atoms with van der Waals surface area (Å²) in [5.41, 5.74) is 7.23. The third-order valence-corrected chi connectivity index (χ3v) is 3.66. The van der Waals surface area contributed by atoms with Crippen LogP contribution in [0.1, 0.15) is 18.4 Å². The van der Waals surface area contributed by atoms with Crippen LogP contribution in [-0.2, 0) is 4.79 Å². The Morgan fingerprint density at radius 1 is 1.24 bits per heavy atom. The van der Waals surface area contributed by atoms with E-state index in [4.69, 9.17) is 28.9 Å². The molecule has 0 aromatic heterocycles. The van der Waals surface area contributed by atoms with Crippen molar-refractivity contribution >= 4 is 40.5 Å². The molecule has 0 radical (unpaired) electrons. The number of hydrogen-bond donors (Lipinski definition) is 2. The van der Waals surface area contributed by atoms with Crippen molar-refractivity contribution in [1.82, 2.24) is 0 Å². The summed E-state index contributed by atoms with van der Waals surface area (Å²) in [6.07, 6.45) is 0. The zero-order chi connectivity index (χ0) is 15.6. The van der Waals surface area contributed by atoms with Crippen molar-refractivity contribution in [2.45, 2.75) is 12.8 Å². The Morgan fingerprint density at radius 3 is 2.43 bits per heavy atom. The number of rotatable bonds is 3. The summed E-state index contributed by atoms with van der Waals surface area (Å²) < 4.78 is 13.1. The molecule has 0 saturated carbocycles. The predicted octanol–water partition coefficient (Wildman–Crippen LogP) is 4.46. The van der Waals surface area contributed by atoms with Crippen LogP contribution in [-0.4, -0.2) is 5.91 Å². The van der Waals surface area contributed by atoms with Gasteiger partial charge in [0.05, 0.1) is 21.7 Å². The highest BCUT2D eigenvalue weighted by Crippen LogP contribution is 2.32. The molecule has 2 aromatic carbocycles. The van der Waals surface area contributed by atoms with Crippen LogP contribution in [0.15, 0.2) is 36.4 Å². The Bertz CT molecular complexity index is 668. The number of anilines is 2. The monoisotopic (exact) mass is 326 g/mol. The highest BCUT2D eigenvalue weighted by atomic mass is 35.5. The molecule has 0 bridgehead atoms. The van der Waals surface area contributed by atoms with Crippen LogP contribution in [0.2, 0.25) is 10.0 Å². The van der Waals surface area contributed by atoms with Gasteiger partial charge in [0.25, 0.3) is 0 Å². The van der Waals surface area contributed by atoms with Crippen LogP contribution in [0, 0.1) is 5.82 Å². The van der Waals surface area contributed by atoms with Gasteiger partial charge in [-0.3, -0.25) is 4.79 Å². The Morgan fingerprint density at radius 2 is 1.86 bits per heavy atom. The summed E-state index contributed by atoms with van der Waals surface area (Å²) in [5.74, 6) is -1.33. The second-order valence-corrected chi connectivity index (χ2v) is 5.44. The fourth-order valence-electron chi connectivity index (χ4n) is 1.87. The lowest BCUT2D eigenvalue weighted by Crippen LogP contribution is -2.19. The van der Waals surface area contributed by atoms with E-state index in [0.717, 1.165) is 17.7 Å². The van der Waals surface area contributed by atoms with Crippen molar-refractivity contribution in [3.05, 3.63) is 57.8 Å². The Kier molecular flexibility index (Phi) is 4.70. The summed E-state index contributed by atoms with van der Waals surface area (Å²) >= 11 is 11.8. The van der Waals surface area contributed by atoms with Crippen molar-refractivity contribution in [2.24, 2.45) is 0 Å². The standard InChI is InChI=1S/C15H13Cl2FN2O/c1-8(9-3-2-4-11(19)5-9)15(21)20-14-12(16)6-10(18)7-13(14)17/h2-8H,19H2,1H3,(H,20,21). The van der Waals surface area contributed by atoms with Crippen LogP contribution in [0.4, 0.5) is 15.8 Å². The van der Waals surface area contributed by atoms with Gasteiger partial charge < -0.3 is 11.1 Å². The van der Waals surface area contributed by atoms with Gasteiger partial charge in [-0.15, -0.1) is 0 Å². The molecule has 0 aliphatic carbocycles. The number of nitrogen functional groups attached to an aromatic ring is 1. The van der Waals surface area contributed by atoms with Crippen LogP contribution in [0.5, 0.6) is 0 Å². The molecule has 110 valence electrons. The minimum absolute atomic E-state index is 0.0492. The molecule has 3 N–H and O–H groups in total. The van der Waals surface area contributed by atoms with E-state index in [9.17, 15) is 9.18 Å². The number of halogens is 3. The molecule has 1 amide bonds. The maximum absolute atomic E-state index is 13.1. The number of nitrogens with two attached hydrogens (primary N) is 1. The average Bonchev–Trinajstić information content (AvgIpc) is 2.41. The van der Waals surface area contributed by atoms with E-state index in [2.05, 4.69) is 5.32 Å². The van der Waals surface area contributed by atoms with Crippen LogP contribution < -0.4 is 11.1 Å². The normalized spacial score (nSPS) is 12.0. The lowest BCUT2D eigenvalue weighted by atomic mass is 10.00. The molecule has 21 heavy (non-hydrogen) atoms. The second kappa shape index (κ2) is 6.33. The molecule has 1 unspecified atom stereocenters. The van der Waals surface area contributed by atoms with Gasteiger partial charge in [-0.1, -0.05) is 35.3 Å². The fraction of sp³-hybridized carbons (Fsp3) is 0.133. The molecule has 0 aliphatic heterocycles. The van der Waals surface area contributed by atoms with E-state index < -0.39 is 11.7 Å². The first-order chi connectivity index (χ1) is 9.88. The maximum atomic E-state index is 13.1. The molecule has 0 fully saturated rings. The number of hydrogen-bond acceptors (Lipinski definition) is 2. The van der Waals surface area contributed by atoms with Gasteiger partial charge in [0.15, 0.2) is 0 Å². The molecule has 3 nitrogen and oxygen atoms in total. The number of benzene rings is 2. The molecule has 0 saturated heterocycles. The highest BCUT2D eigenvalue weighted by molar-refractivity contribution is 6.39. The van der Waals surface area contributed by atoms with Gasteiger partial charge in [0.1, 0.15) is 5.82 Å². The third kappa shape index (κ3) is 3.65. The van der Waals surface area contributed by atoms with E-state index >= 15 is 0 Å². The Balaban J connectivity index is 2.22. The van der Waals surface area contributed by atoms with Gasteiger partial charge in [0.2, 0.25) is 5.91 Å². The molecular weight excluding hydrogens is 314 g/mol. The molecule has 0 heterocycles. The second-order valence-electron chi connectivity index (χ2n) is 4.63. The first kappa shape index (κ1) is 15.6. The Hall–Kier alpha value is -1.78. The Labute approximate surface area is 131 Å². The van der Waals surface area contributed by atoms with Crippen molar-refractivity contribution in [1.29, 1.82) is 0 Å². The zero-order valence-corrected chi connectivity index (χ0v) is 12.7. The number of amides is 1. The summed E-state index contributed by atoms with van der Waals surface area (Å²) in [6.45, 7) is 1.73. The predicted molar refractivity (Wildman–Crippen MR) is 84.3 cm³/mol. The van der Waals surface area contributed by atoms with Crippen LogP contribution in [0.25, 0.3) is 0 Å². The summed E-state index contributed by atoms with van der Waals surface area (Å²) in [7, 11) is 0. The quantitative estimate of drug-likeness (QED) is 0.818. The van der Waals surface area contributed by atoms with E-state index in [1.165, 1.54) is 0 Å². The molecule has 1 atom stereocenters. The summed E-state index contributed by atoms with van der Waals surface area (Å²) in [5, 5.41) is 2.71. The molecule has 2 rings (SSSR count). The molecule has 0 aliphatic rings. The lowest BCUT2D eigenvalue weighted by molar-refractivity contribution is -0.117. The maximum Gasteiger partial charge on any atom is 0.231 e. The summed E-state index contributed by atoms with van der Waals surface area (Å²) in [6, 6.07) is 9.21.